The Labute approximate surface area is 212 Å². The molecule has 0 unspecified atom stereocenters. The van der Waals surface area contributed by atoms with E-state index in [4.69, 9.17) is 11.6 Å². The van der Waals surface area contributed by atoms with Crippen LogP contribution in [0.15, 0.2) is 47.5 Å². The van der Waals surface area contributed by atoms with Crippen molar-refractivity contribution < 1.29 is 27.2 Å². The van der Waals surface area contributed by atoms with Gasteiger partial charge in [-0.3, -0.25) is 19.2 Å². The average molecular weight is 539 g/mol. The molecule has 2 amide bonds. The van der Waals surface area contributed by atoms with Crippen molar-refractivity contribution >= 4 is 51.5 Å². The smallest absolute Gasteiger partial charge is 0.314 e. The van der Waals surface area contributed by atoms with Crippen LogP contribution in [0.25, 0.3) is 17.0 Å². The lowest BCUT2D eigenvalue weighted by atomic mass is 10.0. The average Bonchev–Trinajstić information content (AvgIpc) is 3.34. The van der Waals surface area contributed by atoms with Crippen LogP contribution in [-0.4, -0.2) is 51.1 Å². The first-order valence-corrected chi connectivity index (χ1v) is 12.2. The van der Waals surface area contributed by atoms with E-state index in [1.807, 2.05) is 0 Å². The molecule has 2 aromatic carbocycles. The number of hydrogen-bond donors (Lipinski definition) is 1. The van der Waals surface area contributed by atoms with Crippen LogP contribution in [0.5, 0.6) is 0 Å². The second kappa shape index (κ2) is 9.53. The molecule has 2 saturated heterocycles. The molecule has 5 rings (SSSR count). The molecule has 188 valence electrons. The molecule has 1 aromatic heterocycles. The van der Waals surface area contributed by atoms with E-state index in [1.54, 1.807) is 24.3 Å². The number of halogens is 5. The first kappa shape index (κ1) is 24.8. The summed E-state index contributed by atoms with van der Waals surface area (Å²) in [7, 11) is 0. The van der Waals surface area contributed by atoms with Crippen LogP contribution < -0.4 is 5.32 Å². The van der Waals surface area contributed by atoms with Crippen molar-refractivity contribution in [1.82, 2.24) is 20.0 Å². The summed E-state index contributed by atoms with van der Waals surface area (Å²) in [6.45, 7) is 0.494. The molecule has 36 heavy (non-hydrogen) atoms. The zero-order valence-corrected chi connectivity index (χ0v) is 20.1. The second-order valence-electron chi connectivity index (χ2n) is 8.55. The van der Waals surface area contributed by atoms with Crippen LogP contribution in [0.1, 0.15) is 23.1 Å². The summed E-state index contributed by atoms with van der Waals surface area (Å²) in [5.41, 5.74) is 0.407. The van der Waals surface area contributed by atoms with Gasteiger partial charge in [0.1, 0.15) is 6.17 Å². The van der Waals surface area contributed by atoms with Crippen LogP contribution in [0.4, 0.5) is 22.4 Å². The number of piperidine rings is 1. The zero-order chi connectivity index (χ0) is 25.6. The Balaban J connectivity index is 1.40. The molecular weight excluding hydrogens is 520 g/mol. The molecule has 12 heteroatoms. The van der Waals surface area contributed by atoms with Crippen LogP contribution in [0.2, 0.25) is 5.02 Å². The summed E-state index contributed by atoms with van der Waals surface area (Å²) in [5.74, 6) is -0.530. The van der Waals surface area contributed by atoms with Crippen LogP contribution in [0, 0.1) is 0 Å². The normalized spacial score (nSPS) is 22.2. The van der Waals surface area contributed by atoms with E-state index < -0.39 is 35.1 Å². The number of rotatable bonds is 4. The number of carbonyl (C=O) groups is 2. The van der Waals surface area contributed by atoms with Crippen molar-refractivity contribution in [3.05, 3.63) is 69.2 Å². The first-order valence-electron chi connectivity index (χ1n) is 11.0. The number of alkyl halides is 4. The number of nitrogens with one attached hydrogen (secondary N) is 1. The number of nitrogens with zero attached hydrogens (tertiary/aromatic N) is 3. The minimum atomic E-state index is -4.56. The molecule has 3 aromatic rings. The maximum atomic E-state index is 14.3. The minimum absolute atomic E-state index is 0.00681. The molecule has 0 spiro atoms. The van der Waals surface area contributed by atoms with E-state index >= 15 is 0 Å². The van der Waals surface area contributed by atoms with Crippen molar-refractivity contribution in [1.29, 1.82) is 0 Å². The number of benzene rings is 2. The van der Waals surface area contributed by atoms with Crippen molar-refractivity contribution in [2.45, 2.75) is 31.4 Å². The SMILES string of the molecule is O=C1SC(=Cc2ccc3c(cnn3Cc3ccc(Cl)cc3C(F)(F)F)c2)C(=O)N1[C@H]1CCNC[C@@H]1F. The number of hydrogen-bond acceptors (Lipinski definition) is 5. The van der Waals surface area contributed by atoms with E-state index in [0.717, 1.165) is 22.7 Å². The van der Waals surface area contributed by atoms with E-state index in [1.165, 1.54) is 23.0 Å². The lowest BCUT2D eigenvalue weighted by Crippen LogP contribution is -2.52. The first-order chi connectivity index (χ1) is 17.1. The third-order valence-corrected chi connectivity index (χ3v) is 7.31. The summed E-state index contributed by atoms with van der Waals surface area (Å²) in [5, 5.41) is 7.27. The van der Waals surface area contributed by atoms with Gasteiger partial charge in [-0.1, -0.05) is 23.7 Å². The Morgan fingerprint density at radius 3 is 2.75 bits per heavy atom. The van der Waals surface area contributed by atoms with E-state index in [-0.39, 0.29) is 28.6 Å². The Hall–Kier alpha value is -2.89. The standard InChI is InChI=1S/C24H19ClF4N4O2S/c25-16-3-2-14(17(9-16)24(27,28)29)12-32-19-4-1-13(7-15(19)10-31-32)8-21-22(34)33(23(35)36-21)20-5-6-30-11-18(20)26/h1-4,7-10,18,20,30H,5-6,11-12H2/t18-,20-/m0/s1. The van der Waals surface area contributed by atoms with E-state index in [0.29, 0.717) is 29.4 Å². The van der Waals surface area contributed by atoms with Gasteiger partial charge >= 0.3 is 6.18 Å². The summed E-state index contributed by atoms with van der Waals surface area (Å²) >= 11 is 6.53. The van der Waals surface area contributed by atoms with Crippen molar-refractivity contribution in [2.75, 3.05) is 13.1 Å². The summed E-state index contributed by atoms with van der Waals surface area (Å²) in [6, 6.07) is 7.92. The number of thioether (sulfide) groups is 1. The number of amides is 2. The Kier molecular flexibility index (Phi) is 6.56. The van der Waals surface area contributed by atoms with Crippen molar-refractivity contribution in [3.8, 4) is 0 Å². The molecule has 2 atom stereocenters. The van der Waals surface area contributed by atoms with Gasteiger partial charge < -0.3 is 5.32 Å². The van der Waals surface area contributed by atoms with Gasteiger partial charge in [0.15, 0.2) is 0 Å². The lowest BCUT2D eigenvalue weighted by molar-refractivity contribution is -0.138. The predicted octanol–water partition coefficient (Wildman–Crippen LogP) is 5.49. The highest BCUT2D eigenvalue weighted by Crippen LogP contribution is 2.37. The third kappa shape index (κ3) is 4.74. The minimum Gasteiger partial charge on any atom is -0.314 e. The molecule has 2 fully saturated rings. The summed E-state index contributed by atoms with van der Waals surface area (Å²) in [4.78, 5) is 26.6. The highest BCUT2D eigenvalue weighted by molar-refractivity contribution is 8.18. The van der Waals surface area contributed by atoms with Gasteiger partial charge in [-0.2, -0.15) is 18.3 Å². The highest BCUT2D eigenvalue weighted by Gasteiger charge is 2.43. The zero-order valence-electron chi connectivity index (χ0n) is 18.6. The fraction of sp³-hybridized carbons (Fsp3) is 0.292. The quantitative estimate of drug-likeness (QED) is 0.351. The van der Waals surface area contributed by atoms with Gasteiger partial charge in [0, 0.05) is 17.0 Å². The van der Waals surface area contributed by atoms with Gasteiger partial charge in [0.2, 0.25) is 0 Å². The van der Waals surface area contributed by atoms with Crippen LogP contribution in [0.3, 0.4) is 0 Å². The van der Waals surface area contributed by atoms with Gasteiger partial charge in [-0.25, -0.2) is 4.39 Å². The van der Waals surface area contributed by atoms with E-state index in [9.17, 15) is 27.2 Å². The summed E-state index contributed by atoms with van der Waals surface area (Å²) < 4.78 is 56.2. The number of fused-ring (bicyclic) bond motifs is 1. The van der Waals surface area contributed by atoms with Crippen molar-refractivity contribution in [3.63, 3.8) is 0 Å². The maximum absolute atomic E-state index is 14.3. The number of aromatic nitrogens is 2. The monoisotopic (exact) mass is 538 g/mol. The topological polar surface area (TPSA) is 67.2 Å². The third-order valence-electron chi connectivity index (χ3n) is 6.19. The Morgan fingerprint density at radius 2 is 2.00 bits per heavy atom. The molecule has 6 nitrogen and oxygen atoms in total. The molecule has 0 bridgehead atoms. The maximum Gasteiger partial charge on any atom is 0.416 e. The molecule has 1 N–H and O–H groups in total. The molecule has 0 radical (unpaired) electrons. The molecule has 3 heterocycles. The molecule has 0 aliphatic carbocycles. The van der Waals surface area contributed by atoms with Gasteiger partial charge in [-0.05, 0) is 66.2 Å². The molecule has 0 saturated carbocycles. The highest BCUT2D eigenvalue weighted by atomic mass is 35.5. The second-order valence-corrected chi connectivity index (χ2v) is 9.98. The Morgan fingerprint density at radius 1 is 1.19 bits per heavy atom. The Bertz CT molecular complexity index is 1390. The fourth-order valence-electron chi connectivity index (χ4n) is 4.45. The number of imide groups is 1. The van der Waals surface area contributed by atoms with Gasteiger partial charge in [-0.15, -0.1) is 0 Å². The number of carbonyl (C=O) groups excluding carboxylic acids is 2. The van der Waals surface area contributed by atoms with Crippen LogP contribution in [-0.2, 0) is 17.5 Å². The van der Waals surface area contributed by atoms with Crippen molar-refractivity contribution in [2.24, 2.45) is 0 Å². The van der Waals surface area contributed by atoms with Gasteiger partial charge in [0.05, 0.1) is 34.8 Å². The fourth-order valence-corrected chi connectivity index (χ4v) is 5.51. The lowest BCUT2D eigenvalue weighted by Gasteiger charge is -2.32. The van der Waals surface area contributed by atoms with Gasteiger partial charge in [0.25, 0.3) is 11.1 Å². The predicted molar refractivity (Wildman–Crippen MR) is 129 cm³/mol. The summed E-state index contributed by atoms with van der Waals surface area (Å²) in [6.07, 6.45) is -2.47. The molecule has 2 aliphatic heterocycles. The van der Waals surface area contributed by atoms with E-state index in [2.05, 4.69) is 10.4 Å². The van der Waals surface area contributed by atoms with Crippen LogP contribution >= 0.6 is 23.4 Å². The molecular formula is C24H19ClF4N4O2S. The molecule has 2 aliphatic rings. The largest absolute Gasteiger partial charge is 0.416 e.